The maximum Gasteiger partial charge on any atom is 0.335 e. The molecule has 0 unspecified atom stereocenters. The Hall–Kier alpha value is -3.44. The van der Waals surface area contributed by atoms with Crippen molar-refractivity contribution in [3.05, 3.63) is 100 Å². The topological polar surface area (TPSA) is 68.5 Å². The summed E-state index contributed by atoms with van der Waals surface area (Å²) in [6, 6.07) is 17.6. The summed E-state index contributed by atoms with van der Waals surface area (Å²) >= 11 is 0. The van der Waals surface area contributed by atoms with Gasteiger partial charge in [-0.05, 0) is 56.9 Å². The second-order valence-electron chi connectivity index (χ2n) is 8.81. The Morgan fingerprint density at radius 3 is 2.45 bits per heavy atom. The third kappa shape index (κ3) is 6.53. The largest absolute Gasteiger partial charge is 0.479 e. The highest BCUT2D eigenvalue weighted by atomic mass is 16.5. The lowest BCUT2D eigenvalue weighted by Crippen LogP contribution is -2.35. The Morgan fingerprint density at radius 2 is 1.76 bits per heavy atom. The van der Waals surface area contributed by atoms with E-state index in [1.807, 2.05) is 85.3 Å². The lowest BCUT2D eigenvalue weighted by Gasteiger charge is -2.19. The van der Waals surface area contributed by atoms with Gasteiger partial charge in [-0.15, -0.1) is 0 Å². The van der Waals surface area contributed by atoms with Crippen LogP contribution in [0.1, 0.15) is 52.2 Å². The van der Waals surface area contributed by atoms with Gasteiger partial charge in [-0.2, -0.15) is 0 Å². The van der Waals surface area contributed by atoms with E-state index in [9.17, 15) is 9.59 Å². The van der Waals surface area contributed by atoms with E-state index in [1.165, 1.54) is 0 Å². The smallest absolute Gasteiger partial charge is 0.335 e. The number of carbonyl (C=O) groups is 2. The van der Waals surface area contributed by atoms with Crippen molar-refractivity contribution in [2.75, 3.05) is 6.61 Å². The van der Waals surface area contributed by atoms with Crippen LogP contribution < -0.4 is 0 Å². The molecule has 0 atom stereocenters. The molecule has 0 fully saturated rings. The quantitative estimate of drug-likeness (QED) is 0.420. The van der Waals surface area contributed by atoms with Gasteiger partial charge in [0.15, 0.2) is 5.60 Å². The summed E-state index contributed by atoms with van der Waals surface area (Å²) in [5.41, 5.74) is 4.45. The number of aromatic nitrogens is 1. The third-order valence-corrected chi connectivity index (χ3v) is 5.51. The predicted molar refractivity (Wildman–Crippen MR) is 131 cm³/mol. The normalized spacial score (nSPS) is 11.8. The fourth-order valence-corrected chi connectivity index (χ4v) is 3.49. The molecule has 3 aromatic rings. The first-order valence-electron chi connectivity index (χ1n) is 11.1. The van der Waals surface area contributed by atoms with Crippen LogP contribution in [0, 0.1) is 13.8 Å². The average Bonchev–Trinajstić information content (AvgIpc) is 3.14. The molecule has 0 aliphatic carbocycles. The Labute approximate surface area is 195 Å². The van der Waals surface area contributed by atoms with Crippen LogP contribution >= 0.6 is 0 Å². The number of nitrogens with zero attached hydrogens (tertiary/aromatic N) is 1. The zero-order valence-electron chi connectivity index (χ0n) is 19.7. The molecule has 2 aromatic carbocycles. The van der Waals surface area contributed by atoms with Crippen molar-refractivity contribution in [1.29, 1.82) is 0 Å². The Bertz CT molecular complexity index is 1150. The van der Waals surface area contributed by atoms with Crippen molar-refractivity contribution in [1.82, 2.24) is 4.57 Å². The van der Waals surface area contributed by atoms with Crippen molar-refractivity contribution in [2.24, 2.45) is 0 Å². The molecule has 0 spiro atoms. The lowest BCUT2D eigenvalue weighted by molar-refractivity contribution is -0.161. The van der Waals surface area contributed by atoms with E-state index in [0.29, 0.717) is 30.8 Å². The molecule has 1 heterocycles. The first kappa shape index (κ1) is 24.2. The molecule has 1 N–H and O–H groups in total. The van der Waals surface area contributed by atoms with Gasteiger partial charge in [0.25, 0.3) is 0 Å². The Kier molecular flexibility index (Phi) is 7.67. The van der Waals surface area contributed by atoms with Gasteiger partial charge in [0, 0.05) is 18.3 Å². The van der Waals surface area contributed by atoms with Gasteiger partial charge in [-0.25, -0.2) is 4.79 Å². The third-order valence-electron chi connectivity index (χ3n) is 5.51. The van der Waals surface area contributed by atoms with Crippen LogP contribution in [-0.2, 0) is 22.5 Å². The van der Waals surface area contributed by atoms with Crippen LogP contribution in [-0.4, -0.2) is 33.6 Å². The minimum atomic E-state index is -1.19. The minimum absolute atomic E-state index is 0.0165. The number of hydrogen-bond acceptors (Lipinski definition) is 3. The molecule has 0 saturated heterocycles. The maximum absolute atomic E-state index is 13.0. The van der Waals surface area contributed by atoms with E-state index in [0.717, 1.165) is 22.3 Å². The zero-order valence-corrected chi connectivity index (χ0v) is 19.7. The number of allylic oxidation sites excluding steroid dienone is 1. The van der Waals surface area contributed by atoms with E-state index < -0.39 is 11.6 Å². The zero-order chi connectivity index (χ0) is 24.0. The van der Waals surface area contributed by atoms with Crippen LogP contribution in [0.5, 0.6) is 0 Å². The molecule has 33 heavy (non-hydrogen) atoms. The molecule has 0 saturated carbocycles. The van der Waals surface area contributed by atoms with Crippen LogP contribution in [0.4, 0.5) is 0 Å². The second kappa shape index (κ2) is 10.5. The summed E-state index contributed by atoms with van der Waals surface area (Å²) in [5.74, 6) is -0.956. The molecule has 5 heteroatoms. The van der Waals surface area contributed by atoms with Crippen molar-refractivity contribution in [2.45, 2.75) is 46.3 Å². The van der Waals surface area contributed by atoms with E-state index in [4.69, 9.17) is 9.84 Å². The second-order valence-corrected chi connectivity index (χ2v) is 8.81. The van der Waals surface area contributed by atoms with Gasteiger partial charge in [0.2, 0.25) is 5.78 Å². The highest BCUT2D eigenvalue weighted by Gasteiger charge is 2.27. The SMILES string of the molecule is Cc1ccc(C(=O)c2cc(C)cn2C/C=C/c2cccc(CCOC(C)(C)C(=O)O)c2)cc1. The van der Waals surface area contributed by atoms with Crippen LogP contribution in [0.15, 0.2) is 66.9 Å². The molecule has 172 valence electrons. The summed E-state index contributed by atoms with van der Waals surface area (Å²) in [6.45, 7) is 8.01. The number of carboxylic acid groups (broad SMARTS) is 1. The summed E-state index contributed by atoms with van der Waals surface area (Å²) in [5, 5.41) is 9.15. The molecular weight excluding hydrogens is 414 g/mol. The van der Waals surface area contributed by atoms with Crippen molar-refractivity contribution in [3.8, 4) is 0 Å². The van der Waals surface area contributed by atoms with Gasteiger partial charge < -0.3 is 14.4 Å². The van der Waals surface area contributed by atoms with Gasteiger partial charge in [-0.3, -0.25) is 4.79 Å². The van der Waals surface area contributed by atoms with Gasteiger partial charge in [-0.1, -0.05) is 66.2 Å². The summed E-state index contributed by atoms with van der Waals surface area (Å²) < 4.78 is 7.47. The monoisotopic (exact) mass is 445 g/mol. The molecule has 0 aliphatic heterocycles. The van der Waals surface area contributed by atoms with Crippen LogP contribution in [0.25, 0.3) is 6.08 Å². The van der Waals surface area contributed by atoms with Crippen LogP contribution in [0.3, 0.4) is 0 Å². The fraction of sp³-hybridized carbons (Fsp3) is 0.286. The molecule has 3 rings (SSSR count). The number of ether oxygens (including phenoxy) is 1. The van der Waals surface area contributed by atoms with E-state index in [1.54, 1.807) is 13.8 Å². The van der Waals surface area contributed by atoms with Crippen molar-refractivity contribution < 1.29 is 19.4 Å². The van der Waals surface area contributed by atoms with Crippen LogP contribution in [0.2, 0.25) is 0 Å². The lowest BCUT2D eigenvalue weighted by atomic mass is 10.1. The van der Waals surface area contributed by atoms with Gasteiger partial charge in [0.1, 0.15) is 0 Å². The molecule has 1 aromatic heterocycles. The Morgan fingerprint density at radius 1 is 1.03 bits per heavy atom. The number of carboxylic acids is 1. The molecule has 0 amide bonds. The van der Waals surface area contributed by atoms with Gasteiger partial charge >= 0.3 is 5.97 Å². The molecule has 0 bridgehead atoms. The first-order chi connectivity index (χ1) is 15.7. The van der Waals surface area contributed by atoms with Gasteiger partial charge in [0.05, 0.1) is 12.3 Å². The van der Waals surface area contributed by atoms with E-state index >= 15 is 0 Å². The highest BCUT2D eigenvalue weighted by Crippen LogP contribution is 2.16. The highest BCUT2D eigenvalue weighted by molar-refractivity contribution is 6.08. The van der Waals surface area contributed by atoms with E-state index in [2.05, 4.69) is 6.07 Å². The van der Waals surface area contributed by atoms with Crippen molar-refractivity contribution in [3.63, 3.8) is 0 Å². The fourth-order valence-electron chi connectivity index (χ4n) is 3.49. The molecule has 0 radical (unpaired) electrons. The number of carbonyl (C=O) groups excluding carboxylic acids is 1. The number of rotatable bonds is 10. The summed E-state index contributed by atoms with van der Waals surface area (Å²) in [7, 11) is 0. The summed E-state index contributed by atoms with van der Waals surface area (Å²) in [4.78, 5) is 24.1. The Balaban J connectivity index is 1.65. The standard InChI is InChI=1S/C28H31NO4/c1-20-10-12-24(13-11-20)26(30)25-17-21(2)19-29(25)15-6-9-22-7-5-8-23(18-22)14-16-33-28(3,4)27(31)32/h5-13,17-19H,14-16H2,1-4H3,(H,31,32)/b9-6+. The first-order valence-corrected chi connectivity index (χ1v) is 11.1. The number of benzene rings is 2. The number of hydrogen-bond donors (Lipinski definition) is 1. The van der Waals surface area contributed by atoms with Crippen molar-refractivity contribution >= 4 is 17.8 Å². The molecule has 0 aliphatic rings. The maximum atomic E-state index is 13.0. The molecule has 5 nitrogen and oxygen atoms in total. The van der Waals surface area contributed by atoms with E-state index in [-0.39, 0.29) is 5.78 Å². The number of aliphatic carboxylic acids is 1. The number of ketones is 1. The average molecular weight is 446 g/mol. The minimum Gasteiger partial charge on any atom is -0.479 e. The summed E-state index contributed by atoms with van der Waals surface area (Å²) in [6.07, 6.45) is 6.68. The predicted octanol–water partition coefficient (Wildman–Crippen LogP) is 5.47. The molecular formula is C28H31NO4. The number of aryl methyl sites for hydroxylation is 2.